The number of anilines is 1. The van der Waals surface area contributed by atoms with Gasteiger partial charge < -0.3 is 10.1 Å². The van der Waals surface area contributed by atoms with Crippen LogP contribution in [0.3, 0.4) is 0 Å². The van der Waals surface area contributed by atoms with E-state index in [4.69, 9.17) is 4.74 Å². The van der Waals surface area contributed by atoms with Crippen LogP contribution in [0.1, 0.15) is 12.8 Å². The Morgan fingerprint density at radius 2 is 2.14 bits per heavy atom. The summed E-state index contributed by atoms with van der Waals surface area (Å²) in [4.78, 5) is 40.1. The lowest BCUT2D eigenvalue weighted by atomic mass is 10.2. The first-order valence-corrected chi connectivity index (χ1v) is 6.97. The fourth-order valence-corrected chi connectivity index (χ4v) is 2.54. The minimum atomic E-state index is -0.460. The number of amides is 1. The number of nitrogens with zero attached hydrogens (tertiary/aromatic N) is 3. The largest absolute Gasteiger partial charge is 0.368 e. The van der Waals surface area contributed by atoms with E-state index < -0.39 is 17.4 Å². The molecule has 0 spiro atoms. The smallest absolute Gasteiger partial charge is 0.332 e. The van der Waals surface area contributed by atoms with Gasteiger partial charge in [0.1, 0.15) is 11.8 Å². The number of ether oxygens (including phenoxy) is 1. The van der Waals surface area contributed by atoms with E-state index >= 15 is 0 Å². The van der Waals surface area contributed by atoms with Gasteiger partial charge in [0.2, 0.25) is 0 Å². The fourth-order valence-electron chi connectivity index (χ4n) is 2.54. The SMILES string of the molecule is Cn1c(=O)c2cc(NC(=O)C3CCCO3)cnc2n(C)c1=O. The maximum Gasteiger partial charge on any atom is 0.332 e. The first kappa shape index (κ1) is 14.5. The third-order valence-corrected chi connectivity index (χ3v) is 3.78. The van der Waals surface area contributed by atoms with E-state index in [0.717, 1.165) is 11.0 Å². The summed E-state index contributed by atoms with van der Waals surface area (Å²) in [5, 5.41) is 2.97. The summed E-state index contributed by atoms with van der Waals surface area (Å²) in [6, 6.07) is 1.52. The number of pyridine rings is 1. The predicted octanol–water partition coefficient (Wildman–Crippen LogP) is -0.250. The quantitative estimate of drug-likeness (QED) is 0.825. The molecule has 1 aliphatic heterocycles. The van der Waals surface area contributed by atoms with Gasteiger partial charge in [-0.3, -0.25) is 18.7 Å². The summed E-state index contributed by atoms with van der Waals surface area (Å²) in [5.74, 6) is -0.250. The van der Waals surface area contributed by atoms with Crippen LogP contribution in [0.25, 0.3) is 11.0 Å². The highest BCUT2D eigenvalue weighted by Gasteiger charge is 2.23. The van der Waals surface area contributed by atoms with E-state index in [0.29, 0.717) is 18.7 Å². The van der Waals surface area contributed by atoms with Crippen LogP contribution in [0, 0.1) is 0 Å². The van der Waals surface area contributed by atoms with Gasteiger partial charge in [-0.25, -0.2) is 9.78 Å². The van der Waals surface area contributed by atoms with Crippen molar-refractivity contribution in [1.82, 2.24) is 14.1 Å². The summed E-state index contributed by atoms with van der Waals surface area (Å²) in [5.41, 5.74) is -0.202. The zero-order chi connectivity index (χ0) is 15.9. The maximum atomic E-state index is 12.2. The van der Waals surface area contributed by atoms with Crippen molar-refractivity contribution >= 4 is 22.6 Å². The van der Waals surface area contributed by atoms with Crippen LogP contribution < -0.4 is 16.6 Å². The number of hydrogen-bond acceptors (Lipinski definition) is 5. The number of aromatic nitrogens is 3. The van der Waals surface area contributed by atoms with Gasteiger partial charge in [0.15, 0.2) is 0 Å². The molecule has 0 aromatic carbocycles. The summed E-state index contributed by atoms with van der Waals surface area (Å²) in [6.45, 7) is 0.580. The third kappa shape index (κ3) is 2.31. The van der Waals surface area contributed by atoms with E-state index in [9.17, 15) is 14.4 Å². The Hall–Kier alpha value is -2.48. The van der Waals surface area contributed by atoms with E-state index in [1.54, 1.807) is 7.05 Å². The molecule has 1 amide bonds. The second-order valence-corrected chi connectivity index (χ2v) is 5.29. The fraction of sp³-hybridized carbons (Fsp3) is 0.429. The zero-order valence-corrected chi connectivity index (χ0v) is 12.3. The lowest BCUT2D eigenvalue weighted by Crippen LogP contribution is -2.37. The molecule has 8 nitrogen and oxygen atoms in total. The van der Waals surface area contributed by atoms with Crippen LogP contribution >= 0.6 is 0 Å². The van der Waals surface area contributed by atoms with Gasteiger partial charge in [-0.05, 0) is 18.9 Å². The number of carbonyl (C=O) groups excluding carboxylic acids is 1. The molecule has 1 fully saturated rings. The zero-order valence-electron chi connectivity index (χ0n) is 12.3. The van der Waals surface area contributed by atoms with Crippen LogP contribution in [0.5, 0.6) is 0 Å². The Balaban J connectivity index is 2.01. The Morgan fingerprint density at radius 3 is 2.82 bits per heavy atom. The van der Waals surface area contributed by atoms with Crippen molar-refractivity contribution in [2.75, 3.05) is 11.9 Å². The lowest BCUT2D eigenvalue weighted by Gasteiger charge is -2.11. The average Bonchev–Trinajstić information content (AvgIpc) is 3.05. The van der Waals surface area contributed by atoms with Crippen molar-refractivity contribution in [2.24, 2.45) is 14.1 Å². The highest BCUT2D eigenvalue weighted by molar-refractivity contribution is 5.95. The summed E-state index contributed by atoms with van der Waals surface area (Å²) < 4.78 is 7.61. The van der Waals surface area contributed by atoms with Crippen LogP contribution in [0.2, 0.25) is 0 Å². The minimum Gasteiger partial charge on any atom is -0.368 e. The lowest BCUT2D eigenvalue weighted by molar-refractivity contribution is -0.124. The molecule has 0 aliphatic carbocycles. The van der Waals surface area contributed by atoms with Crippen molar-refractivity contribution in [3.63, 3.8) is 0 Å². The molecule has 1 N–H and O–H groups in total. The van der Waals surface area contributed by atoms with Crippen molar-refractivity contribution in [3.8, 4) is 0 Å². The van der Waals surface area contributed by atoms with Crippen molar-refractivity contribution in [3.05, 3.63) is 33.1 Å². The molecule has 2 aromatic heterocycles. The molecule has 1 saturated heterocycles. The molecule has 8 heteroatoms. The Labute approximate surface area is 125 Å². The molecule has 1 aliphatic rings. The van der Waals surface area contributed by atoms with E-state index in [2.05, 4.69) is 10.3 Å². The standard InChI is InChI=1S/C14H16N4O4/c1-17-11-9(13(20)18(2)14(17)21)6-8(7-15-11)16-12(19)10-4-3-5-22-10/h6-7,10H,3-5H2,1-2H3,(H,16,19). The number of hydrogen-bond donors (Lipinski definition) is 1. The van der Waals surface area contributed by atoms with Crippen molar-refractivity contribution in [1.29, 1.82) is 0 Å². The topological polar surface area (TPSA) is 95.2 Å². The minimum absolute atomic E-state index is 0.250. The predicted molar refractivity (Wildman–Crippen MR) is 79.8 cm³/mol. The molecule has 3 heterocycles. The van der Waals surface area contributed by atoms with Gasteiger partial charge in [-0.15, -0.1) is 0 Å². The van der Waals surface area contributed by atoms with E-state index in [1.807, 2.05) is 0 Å². The summed E-state index contributed by atoms with van der Waals surface area (Å²) >= 11 is 0. The maximum absolute atomic E-state index is 12.2. The molecule has 0 bridgehead atoms. The second-order valence-electron chi connectivity index (χ2n) is 5.29. The molecular weight excluding hydrogens is 288 g/mol. The van der Waals surface area contributed by atoms with E-state index in [1.165, 1.54) is 23.9 Å². The molecular formula is C14H16N4O4. The number of fused-ring (bicyclic) bond motifs is 1. The summed E-state index contributed by atoms with van der Waals surface area (Å²) in [6.07, 6.45) is 2.51. The molecule has 0 saturated carbocycles. The van der Waals surface area contributed by atoms with Crippen LogP contribution in [0.4, 0.5) is 5.69 Å². The van der Waals surface area contributed by atoms with Gasteiger partial charge in [-0.2, -0.15) is 0 Å². The molecule has 3 rings (SSSR count). The Kier molecular flexibility index (Phi) is 3.53. The third-order valence-electron chi connectivity index (χ3n) is 3.78. The van der Waals surface area contributed by atoms with Gasteiger partial charge >= 0.3 is 5.69 Å². The molecule has 116 valence electrons. The molecule has 1 atom stereocenters. The van der Waals surface area contributed by atoms with Crippen molar-refractivity contribution in [2.45, 2.75) is 18.9 Å². The summed E-state index contributed by atoms with van der Waals surface area (Å²) in [7, 11) is 2.95. The highest BCUT2D eigenvalue weighted by atomic mass is 16.5. The monoisotopic (exact) mass is 304 g/mol. The van der Waals surface area contributed by atoms with Crippen LogP contribution in [-0.4, -0.2) is 32.7 Å². The van der Waals surface area contributed by atoms with Gasteiger partial charge in [-0.1, -0.05) is 0 Å². The number of carbonyl (C=O) groups is 1. The highest BCUT2D eigenvalue weighted by Crippen LogP contribution is 2.16. The van der Waals surface area contributed by atoms with Crippen LogP contribution in [-0.2, 0) is 23.6 Å². The molecule has 0 radical (unpaired) electrons. The average molecular weight is 304 g/mol. The first-order chi connectivity index (χ1) is 10.5. The second kappa shape index (κ2) is 5.38. The Morgan fingerprint density at radius 1 is 1.36 bits per heavy atom. The first-order valence-electron chi connectivity index (χ1n) is 6.97. The van der Waals surface area contributed by atoms with Crippen molar-refractivity contribution < 1.29 is 9.53 Å². The normalized spacial score (nSPS) is 17.8. The van der Waals surface area contributed by atoms with Gasteiger partial charge in [0.05, 0.1) is 17.3 Å². The van der Waals surface area contributed by atoms with Crippen LogP contribution in [0.15, 0.2) is 21.9 Å². The Bertz CT molecular complexity index is 861. The molecule has 22 heavy (non-hydrogen) atoms. The number of aryl methyl sites for hydroxylation is 1. The number of nitrogens with one attached hydrogen (secondary N) is 1. The molecule has 2 aromatic rings. The van der Waals surface area contributed by atoms with E-state index in [-0.39, 0.29) is 16.9 Å². The van der Waals surface area contributed by atoms with Gasteiger partial charge in [0, 0.05) is 20.7 Å². The molecule has 1 unspecified atom stereocenters. The van der Waals surface area contributed by atoms with Gasteiger partial charge in [0.25, 0.3) is 11.5 Å². The number of rotatable bonds is 2.